The first-order valence-electron chi connectivity index (χ1n) is 8.65. The Hall–Kier alpha value is -2.19. The van der Waals surface area contributed by atoms with Gasteiger partial charge < -0.3 is 15.1 Å². The summed E-state index contributed by atoms with van der Waals surface area (Å²) in [6, 6.07) is 7.72. The number of amides is 1. The number of rotatable bonds is 2. The Morgan fingerprint density at radius 3 is 2.77 bits per heavy atom. The van der Waals surface area contributed by atoms with Crippen molar-refractivity contribution < 1.29 is 4.79 Å². The molecule has 1 N–H and O–H groups in total. The minimum atomic E-state index is -0.293. The van der Waals surface area contributed by atoms with Gasteiger partial charge in [-0.05, 0) is 31.7 Å². The van der Waals surface area contributed by atoms with Crippen molar-refractivity contribution in [2.75, 3.05) is 38.5 Å². The molecule has 4 rings (SSSR count). The lowest BCUT2D eigenvalue weighted by molar-refractivity contribution is -0.129. The topological polar surface area (TPSA) is 66.3 Å². The van der Waals surface area contributed by atoms with Crippen LogP contribution >= 0.6 is 15.9 Å². The van der Waals surface area contributed by atoms with Gasteiger partial charge in [0.05, 0.1) is 5.57 Å². The highest BCUT2D eigenvalue weighted by molar-refractivity contribution is 9.10. The molecular weight excluding hydrogens is 396 g/mol. The fourth-order valence-electron chi connectivity index (χ4n) is 3.53. The van der Waals surface area contributed by atoms with Crippen LogP contribution in [0, 0.1) is 0 Å². The average molecular weight is 417 g/mol. The highest BCUT2D eigenvalue weighted by atomic mass is 79.9. The van der Waals surface area contributed by atoms with E-state index in [0.717, 1.165) is 47.5 Å². The van der Waals surface area contributed by atoms with Crippen molar-refractivity contribution in [2.45, 2.75) is 13.0 Å². The van der Waals surface area contributed by atoms with Gasteiger partial charge >= 0.3 is 0 Å². The standard InChI is InChI=1S/C18H21BrN6O/c1-12-15(17(26)24-8-6-23(2)7-9-24)16(13-4-3-5-14(19)10-13)25-18(22-12)20-11-21-25/h3-5,10-11,16H,6-9H2,1-2H3,(H,20,21,22)/t16-/m0/s1. The quantitative estimate of drug-likeness (QED) is 0.811. The van der Waals surface area contributed by atoms with Crippen LogP contribution in [0.1, 0.15) is 18.5 Å². The number of carbonyl (C=O) groups is 1. The molecule has 0 unspecified atom stereocenters. The van der Waals surface area contributed by atoms with E-state index in [1.807, 2.05) is 36.1 Å². The zero-order chi connectivity index (χ0) is 18.3. The molecule has 1 aromatic heterocycles. The number of fused-ring (bicyclic) bond motifs is 1. The summed E-state index contributed by atoms with van der Waals surface area (Å²) in [5.74, 6) is 0.719. The number of anilines is 1. The molecule has 1 aromatic carbocycles. The molecular formula is C18H21BrN6O. The number of allylic oxidation sites excluding steroid dienone is 1. The largest absolute Gasteiger partial charge is 0.336 e. The van der Waals surface area contributed by atoms with E-state index in [1.165, 1.54) is 6.33 Å². The molecule has 0 radical (unpaired) electrons. The smallest absolute Gasteiger partial charge is 0.254 e. The number of benzene rings is 1. The minimum Gasteiger partial charge on any atom is -0.336 e. The van der Waals surface area contributed by atoms with Crippen LogP contribution in [0.4, 0.5) is 5.95 Å². The number of likely N-dealkylation sites (N-methyl/N-ethyl adjacent to an activating group) is 1. The second-order valence-electron chi connectivity index (χ2n) is 6.74. The van der Waals surface area contributed by atoms with Gasteiger partial charge in [0, 0.05) is 36.3 Å². The second-order valence-corrected chi connectivity index (χ2v) is 7.66. The van der Waals surface area contributed by atoms with Gasteiger partial charge in [-0.15, -0.1) is 0 Å². The number of piperazine rings is 1. The molecule has 2 aromatic rings. The predicted octanol–water partition coefficient (Wildman–Crippen LogP) is 2.10. The van der Waals surface area contributed by atoms with E-state index in [4.69, 9.17) is 0 Å². The molecule has 8 heteroatoms. The number of carbonyl (C=O) groups excluding carboxylic acids is 1. The van der Waals surface area contributed by atoms with E-state index < -0.39 is 0 Å². The van der Waals surface area contributed by atoms with Crippen LogP contribution in [0.2, 0.25) is 0 Å². The lowest BCUT2D eigenvalue weighted by atomic mass is 9.94. The summed E-state index contributed by atoms with van der Waals surface area (Å²) in [5, 5.41) is 7.62. The van der Waals surface area contributed by atoms with E-state index in [1.54, 1.807) is 4.68 Å². The normalized spacial score (nSPS) is 20.7. The maximum Gasteiger partial charge on any atom is 0.254 e. The first-order valence-corrected chi connectivity index (χ1v) is 9.44. The molecule has 0 saturated carbocycles. The molecule has 26 heavy (non-hydrogen) atoms. The van der Waals surface area contributed by atoms with Gasteiger partial charge in [0.1, 0.15) is 12.4 Å². The predicted molar refractivity (Wildman–Crippen MR) is 103 cm³/mol. The van der Waals surface area contributed by atoms with E-state index in [2.05, 4.69) is 43.3 Å². The van der Waals surface area contributed by atoms with Gasteiger partial charge in [-0.2, -0.15) is 10.1 Å². The van der Waals surface area contributed by atoms with Gasteiger partial charge in [-0.3, -0.25) is 4.79 Å². The molecule has 2 aliphatic heterocycles. The van der Waals surface area contributed by atoms with Crippen molar-refractivity contribution in [2.24, 2.45) is 0 Å². The van der Waals surface area contributed by atoms with Crippen LogP contribution in [0.5, 0.6) is 0 Å². The summed E-state index contributed by atoms with van der Waals surface area (Å²) in [4.78, 5) is 21.9. The third-order valence-electron chi connectivity index (χ3n) is 4.98. The first-order chi connectivity index (χ1) is 12.5. The first kappa shape index (κ1) is 17.2. The summed E-state index contributed by atoms with van der Waals surface area (Å²) in [7, 11) is 2.08. The van der Waals surface area contributed by atoms with Crippen molar-refractivity contribution in [1.82, 2.24) is 24.6 Å². The highest BCUT2D eigenvalue weighted by Gasteiger charge is 2.36. The average Bonchev–Trinajstić information content (AvgIpc) is 3.08. The van der Waals surface area contributed by atoms with Crippen LogP contribution in [0.3, 0.4) is 0 Å². The number of halogens is 1. The van der Waals surface area contributed by atoms with Gasteiger partial charge in [-0.25, -0.2) is 4.68 Å². The Kier molecular flexibility index (Phi) is 4.54. The lowest BCUT2D eigenvalue weighted by Crippen LogP contribution is -2.49. The van der Waals surface area contributed by atoms with Crippen molar-refractivity contribution in [3.8, 4) is 0 Å². The van der Waals surface area contributed by atoms with E-state index in [0.29, 0.717) is 5.95 Å². The minimum absolute atomic E-state index is 0.0641. The monoisotopic (exact) mass is 416 g/mol. The Balaban J connectivity index is 1.76. The third-order valence-corrected chi connectivity index (χ3v) is 5.47. The molecule has 7 nitrogen and oxygen atoms in total. The summed E-state index contributed by atoms with van der Waals surface area (Å²) in [6.45, 7) is 5.19. The molecule has 1 fully saturated rings. The van der Waals surface area contributed by atoms with Crippen molar-refractivity contribution in [3.63, 3.8) is 0 Å². The van der Waals surface area contributed by atoms with Gasteiger partial charge in [-0.1, -0.05) is 28.1 Å². The zero-order valence-corrected chi connectivity index (χ0v) is 16.4. The summed E-state index contributed by atoms with van der Waals surface area (Å²) in [6.07, 6.45) is 1.52. The van der Waals surface area contributed by atoms with Gasteiger partial charge in [0.2, 0.25) is 5.95 Å². The van der Waals surface area contributed by atoms with Crippen LogP contribution in [0.25, 0.3) is 0 Å². The number of hydrogen-bond acceptors (Lipinski definition) is 5. The molecule has 0 bridgehead atoms. The number of nitrogens with one attached hydrogen (secondary N) is 1. The van der Waals surface area contributed by atoms with Crippen molar-refractivity contribution in [3.05, 3.63) is 51.9 Å². The van der Waals surface area contributed by atoms with E-state index in [9.17, 15) is 4.79 Å². The van der Waals surface area contributed by atoms with E-state index in [-0.39, 0.29) is 11.9 Å². The van der Waals surface area contributed by atoms with Crippen molar-refractivity contribution >= 4 is 27.8 Å². The molecule has 1 saturated heterocycles. The summed E-state index contributed by atoms with van der Waals surface area (Å²) < 4.78 is 2.76. The maximum atomic E-state index is 13.4. The Morgan fingerprint density at radius 1 is 1.27 bits per heavy atom. The van der Waals surface area contributed by atoms with Gasteiger partial charge in [0.25, 0.3) is 5.91 Å². The summed E-state index contributed by atoms with van der Waals surface area (Å²) in [5.41, 5.74) is 2.56. The number of aromatic nitrogens is 3. The number of nitrogens with zero attached hydrogens (tertiary/aromatic N) is 5. The van der Waals surface area contributed by atoms with Gasteiger partial charge in [0.15, 0.2) is 0 Å². The van der Waals surface area contributed by atoms with Crippen LogP contribution in [-0.4, -0.2) is 63.7 Å². The Bertz CT molecular complexity index is 868. The zero-order valence-electron chi connectivity index (χ0n) is 14.8. The SMILES string of the molecule is CC1=C(C(=O)N2CCN(C)CC2)[C@H](c2cccc(Br)c2)n2ncnc2N1. The van der Waals surface area contributed by atoms with Crippen LogP contribution in [0.15, 0.2) is 46.3 Å². The van der Waals surface area contributed by atoms with Crippen LogP contribution in [-0.2, 0) is 4.79 Å². The Labute approximate surface area is 160 Å². The fourth-order valence-corrected chi connectivity index (χ4v) is 3.95. The maximum absolute atomic E-state index is 13.4. The Morgan fingerprint density at radius 2 is 2.04 bits per heavy atom. The molecule has 1 amide bonds. The van der Waals surface area contributed by atoms with Crippen molar-refractivity contribution in [1.29, 1.82) is 0 Å². The molecule has 0 aliphatic carbocycles. The van der Waals surface area contributed by atoms with E-state index >= 15 is 0 Å². The molecule has 3 heterocycles. The second kappa shape index (κ2) is 6.85. The molecule has 2 aliphatic rings. The van der Waals surface area contributed by atoms with Crippen LogP contribution < -0.4 is 5.32 Å². The summed E-state index contributed by atoms with van der Waals surface area (Å²) >= 11 is 3.54. The number of hydrogen-bond donors (Lipinski definition) is 1. The molecule has 1 atom stereocenters. The lowest BCUT2D eigenvalue weighted by Gasteiger charge is -2.36. The fraction of sp³-hybridized carbons (Fsp3) is 0.389. The third kappa shape index (κ3) is 3.03. The molecule has 0 spiro atoms. The molecule has 136 valence electrons. The highest BCUT2D eigenvalue weighted by Crippen LogP contribution is 2.36.